The van der Waals surface area contributed by atoms with Gasteiger partial charge >= 0.3 is 0 Å². The third-order valence-corrected chi connectivity index (χ3v) is 6.28. The molecule has 0 spiro atoms. The van der Waals surface area contributed by atoms with Crippen LogP contribution in [-0.2, 0) is 29.2 Å². The summed E-state index contributed by atoms with van der Waals surface area (Å²) in [5.74, 6) is 0.0166. The highest BCUT2D eigenvalue weighted by Crippen LogP contribution is 2.27. The van der Waals surface area contributed by atoms with Gasteiger partial charge in [-0.1, -0.05) is 71.9 Å². The molecule has 0 unspecified atom stereocenters. The number of hydrogen-bond acceptors (Lipinski definition) is 5. The Morgan fingerprint density at radius 3 is 2.49 bits per heavy atom. The molecule has 5 rings (SSSR count). The summed E-state index contributed by atoms with van der Waals surface area (Å²) in [6.45, 7) is 2.33. The first-order valence-corrected chi connectivity index (χ1v) is 12.1. The lowest BCUT2D eigenvalue weighted by Gasteiger charge is -2.31. The summed E-state index contributed by atoms with van der Waals surface area (Å²) in [5, 5.41) is 11.4. The smallest absolute Gasteiger partial charge is 0.247 e. The molecule has 8 nitrogen and oxygen atoms in total. The molecule has 1 N–H and O–H groups in total. The van der Waals surface area contributed by atoms with Crippen LogP contribution in [0.3, 0.4) is 0 Å². The lowest BCUT2D eigenvalue weighted by Crippen LogP contribution is -2.44. The van der Waals surface area contributed by atoms with Crippen molar-refractivity contribution in [1.29, 1.82) is 0 Å². The molecule has 0 saturated carbocycles. The third kappa shape index (κ3) is 5.43. The molecule has 0 saturated heterocycles. The zero-order valence-electron chi connectivity index (χ0n) is 20.4. The molecule has 2 aromatic heterocycles. The molecule has 5 aromatic rings. The molecule has 37 heavy (non-hydrogen) atoms. The number of carbonyl (C=O) groups is 2. The highest BCUT2D eigenvalue weighted by Gasteiger charge is 2.33. The molecule has 0 aliphatic heterocycles. The van der Waals surface area contributed by atoms with Gasteiger partial charge in [0.2, 0.25) is 11.8 Å². The van der Waals surface area contributed by atoms with Crippen molar-refractivity contribution in [3.05, 3.63) is 120 Å². The van der Waals surface area contributed by atoms with Crippen LogP contribution in [0.1, 0.15) is 28.5 Å². The van der Waals surface area contributed by atoms with Crippen molar-refractivity contribution < 1.29 is 14.0 Å². The maximum Gasteiger partial charge on any atom is 0.247 e. The van der Waals surface area contributed by atoms with Crippen molar-refractivity contribution in [2.75, 3.05) is 0 Å². The molecule has 2 heterocycles. The monoisotopic (exact) mass is 493 g/mol. The maximum absolute atomic E-state index is 13.9. The van der Waals surface area contributed by atoms with Gasteiger partial charge in [0.1, 0.15) is 23.9 Å². The highest BCUT2D eigenvalue weighted by atomic mass is 16.3. The number of nitrogens with zero attached hydrogens (tertiary/aromatic N) is 4. The Balaban J connectivity index is 1.50. The Bertz CT molecular complexity index is 1490. The van der Waals surface area contributed by atoms with Gasteiger partial charge in [0.15, 0.2) is 0 Å². The van der Waals surface area contributed by atoms with E-state index in [-0.39, 0.29) is 24.9 Å². The summed E-state index contributed by atoms with van der Waals surface area (Å²) in [6.07, 6.45) is 1.56. The van der Waals surface area contributed by atoms with E-state index < -0.39 is 6.04 Å². The number of para-hydroxylation sites is 1. The summed E-state index contributed by atoms with van der Waals surface area (Å²) >= 11 is 0. The van der Waals surface area contributed by atoms with Gasteiger partial charge in [-0.2, -0.15) is 0 Å². The van der Waals surface area contributed by atoms with Gasteiger partial charge in [-0.3, -0.25) is 9.59 Å². The van der Waals surface area contributed by atoms with Crippen LogP contribution in [0.25, 0.3) is 11.0 Å². The number of amides is 2. The molecular formula is C29H27N5O3. The van der Waals surface area contributed by atoms with Crippen molar-refractivity contribution in [3.63, 3.8) is 0 Å². The molecule has 8 heteroatoms. The van der Waals surface area contributed by atoms with E-state index in [0.29, 0.717) is 17.8 Å². The van der Waals surface area contributed by atoms with Gasteiger partial charge in [0, 0.05) is 6.54 Å². The zero-order valence-corrected chi connectivity index (χ0v) is 20.4. The van der Waals surface area contributed by atoms with E-state index in [2.05, 4.69) is 15.6 Å². The number of hydrogen-bond donors (Lipinski definition) is 1. The van der Waals surface area contributed by atoms with Crippen molar-refractivity contribution >= 4 is 22.8 Å². The molecule has 0 aliphatic carbocycles. The highest BCUT2D eigenvalue weighted by molar-refractivity contribution is 5.89. The number of nitrogens with one attached hydrogen (secondary N) is 1. The first kappa shape index (κ1) is 24.0. The number of fused-ring (bicyclic) bond motifs is 1. The van der Waals surface area contributed by atoms with Crippen LogP contribution < -0.4 is 5.32 Å². The SMILES string of the molecule is Cc1ccccc1[C@@H](C(=O)NCc1ccccc1)N(Cc1ccco1)C(=O)Cn1nnc2ccccc21. The van der Waals surface area contributed by atoms with Gasteiger partial charge in [-0.25, -0.2) is 4.68 Å². The Morgan fingerprint density at radius 1 is 0.946 bits per heavy atom. The van der Waals surface area contributed by atoms with E-state index in [1.807, 2.05) is 85.8 Å². The average Bonchev–Trinajstić information content (AvgIpc) is 3.59. The molecule has 0 fully saturated rings. The molecule has 1 atom stereocenters. The van der Waals surface area contributed by atoms with Gasteiger partial charge < -0.3 is 14.6 Å². The number of aromatic nitrogens is 3. The van der Waals surface area contributed by atoms with Crippen LogP contribution in [-0.4, -0.2) is 31.7 Å². The average molecular weight is 494 g/mol. The van der Waals surface area contributed by atoms with Gasteiger partial charge in [0.25, 0.3) is 0 Å². The minimum atomic E-state index is -0.878. The molecular weight excluding hydrogens is 466 g/mol. The van der Waals surface area contributed by atoms with Gasteiger partial charge in [-0.05, 0) is 47.9 Å². The topological polar surface area (TPSA) is 93.3 Å². The Morgan fingerprint density at radius 2 is 1.70 bits per heavy atom. The second-order valence-corrected chi connectivity index (χ2v) is 8.80. The zero-order chi connectivity index (χ0) is 25.6. The van der Waals surface area contributed by atoms with E-state index in [9.17, 15) is 9.59 Å². The second-order valence-electron chi connectivity index (χ2n) is 8.80. The van der Waals surface area contributed by atoms with E-state index in [1.54, 1.807) is 28.0 Å². The fraction of sp³-hybridized carbons (Fsp3) is 0.172. The van der Waals surface area contributed by atoms with Crippen LogP contribution in [0.5, 0.6) is 0 Å². The summed E-state index contributed by atoms with van der Waals surface area (Å²) in [4.78, 5) is 29.2. The van der Waals surface area contributed by atoms with Crippen LogP contribution in [0.15, 0.2) is 102 Å². The number of carbonyl (C=O) groups excluding carboxylic acids is 2. The Hall–Kier alpha value is -4.72. The van der Waals surface area contributed by atoms with Crippen molar-refractivity contribution in [1.82, 2.24) is 25.2 Å². The van der Waals surface area contributed by atoms with Crippen LogP contribution in [0.4, 0.5) is 0 Å². The lowest BCUT2D eigenvalue weighted by molar-refractivity contribution is -0.142. The Labute approximate surface area is 214 Å². The quantitative estimate of drug-likeness (QED) is 0.328. The van der Waals surface area contributed by atoms with E-state index in [0.717, 1.165) is 22.2 Å². The number of furan rings is 1. The molecule has 186 valence electrons. The predicted octanol–water partition coefficient (Wildman–Crippen LogP) is 4.42. The Kier molecular flexibility index (Phi) is 7.07. The van der Waals surface area contributed by atoms with Gasteiger partial charge in [-0.15, -0.1) is 5.10 Å². The molecule has 3 aromatic carbocycles. The maximum atomic E-state index is 13.9. The van der Waals surface area contributed by atoms with Crippen molar-refractivity contribution in [3.8, 4) is 0 Å². The normalized spacial score (nSPS) is 11.8. The van der Waals surface area contributed by atoms with Crippen LogP contribution in [0.2, 0.25) is 0 Å². The van der Waals surface area contributed by atoms with Crippen molar-refractivity contribution in [2.45, 2.75) is 32.6 Å². The number of benzene rings is 3. The number of rotatable bonds is 9. The first-order chi connectivity index (χ1) is 18.1. The van der Waals surface area contributed by atoms with Crippen molar-refractivity contribution in [2.24, 2.45) is 0 Å². The van der Waals surface area contributed by atoms with Gasteiger partial charge in [0.05, 0.1) is 18.3 Å². The van der Waals surface area contributed by atoms with Crippen LogP contribution >= 0.6 is 0 Å². The van der Waals surface area contributed by atoms with E-state index >= 15 is 0 Å². The lowest BCUT2D eigenvalue weighted by atomic mass is 9.98. The van der Waals surface area contributed by atoms with E-state index in [1.165, 1.54) is 0 Å². The van der Waals surface area contributed by atoms with E-state index in [4.69, 9.17) is 4.42 Å². The summed E-state index contributed by atoms with van der Waals surface area (Å²) in [7, 11) is 0. The largest absolute Gasteiger partial charge is 0.467 e. The minimum absolute atomic E-state index is 0.0738. The second kappa shape index (κ2) is 10.9. The molecule has 0 bridgehead atoms. The minimum Gasteiger partial charge on any atom is -0.467 e. The fourth-order valence-electron chi connectivity index (χ4n) is 4.37. The molecule has 2 amide bonds. The molecule has 0 aliphatic rings. The predicted molar refractivity (Wildman–Crippen MR) is 139 cm³/mol. The van der Waals surface area contributed by atoms with Crippen LogP contribution in [0, 0.1) is 6.92 Å². The summed E-state index contributed by atoms with van der Waals surface area (Å²) < 4.78 is 7.14. The first-order valence-electron chi connectivity index (χ1n) is 12.1. The molecule has 0 radical (unpaired) electrons. The fourth-order valence-corrected chi connectivity index (χ4v) is 4.37. The summed E-state index contributed by atoms with van der Waals surface area (Å²) in [5.41, 5.74) is 4.07. The third-order valence-electron chi connectivity index (χ3n) is 6.28. The standard InChI is InChI=1S/C29H27N5O3/c1-21-10-5-6-14-24(21)28(29(36)30-18-22-11-3-2-4-12-22)33(19-23-13-9-17-37-23)27(35)20-34-26-16-8-7-15-25(26)31-32-34/h2-17,28H,18-20H2,1H3,(H,30,36)/t28-/m0/s1. The summed E-state index contributed by atoms with van der Waals surface area (Å²) in [6, 6.07) is 27.4. The number of aryl methyl sites for hydroxylation is 1.